The molecule has 6 heteroatoms. The molecule has 1 aliphatic heterocycles. The van der Waals surface area contributed by atoms with Gasteiger partial charge in [0.2, 0.25) is 5.91 Å². The Morgan fingerprint density at radius 1 is 1.09 bits per heavy atom. The highest BCUT2D eigenvalue weighted by Gasteiger charge is 2.27. The van der Waals surface area contributed by atoms with Crippen molar-refractivity contribution in [1.82, 2.24) is 0 Å². The van der Waals surface area contributed by atoms with Crippen molar-refractivity contribution < 1.29 is 19.1 Å². The Kier molecular flexibility index (Phi) is 6.14. The maximum absolute atomic E-state index is 12.4. The van der Waals surface area contributed by atoms with Crippen LogP contribution in [-0.2, 0) is 0 Å². The third kappa shape index (κ3) is 4.44. The first-order valence-electron chi connectivity index (χ1n) is 10.8. The number of ether oxygens (including phenoxy) is 2. The van der Waals surface area contributed by atoms with Gasteiger partial charge >= 0.3 is 0 Å². The fraction of sp³-hybridized carbons (Fsp3) is 0.222. The molecule has 1 heterocycles. The molecule has 0 saturated heterocycles. The molecule has 0 aromatic heterocycles. The molecule has 2 N–H and O–H groups in total. The summed E-state index contributed by atoms with van der Waals surface area (Å²) >= 11 is 0. The van der Waals surface area contributed by atoms with Gasteiger partial charge in [0, 0.05) is 17.5 Å². The van der Waals surface area contributed by atoms with Crippen molar-refractivity contribution in [3.63, 3.8) is 0 Å². The second-order valence-electron chi connectivity index (χ2n) is 8.25. The molecule has 3 aromatic rings. The van der Waals surface area contributed by atoms with E-state index in [-0.39, 0.29) is 11.7 Å². The van der Waals surface area contributed by atoms with Gasteiger partial charge in [-0.15, -0.1) is 0 Å². The van der Waals surface area contributed by atoms with E-state index in [0.717, 1.165) is 16.7 Å². The maximum atomic E-state index is 12.4. The number of primary amides is 1. The summed E-state index contributed by atoms with van der Waals surface area (Å²) in [6.45, 7) is 4.40. The molecule has 0 radical (unpaired) electrons. The number of benzene rings is 3. The molecule has 0 saturated carbocycles. The monoisotopic (exact) mass is 440 g/mol. The molecule has 166 valence electrons. The number of carbonyl (C=O) groups excluding carboxylic acids is 2. The van der Waals surface area contributed by atoms with Crippen molar-refractivity contribution in [1.29, 1.82) is 5.26 Å². The molecule has 0 aliphatic carbocycles. The second kappa shape index (κ2) is 9.17. The number of rotatable bonds is 6. The quantitative estimate of drug-likeness (QED) is 0.586. The van der Waals surface area contributed by atoms with Crippen molar-refractivity contribution in [3.05, 3.63) is 94.0 Å². The lowest BCUT2D eigenvalue weighted by Gasteiger charge is -2.27. The number of fused-ring (bicyclic) bond motifs is 1. The van der Waals surface area contributed by atoms with Gasteiger partial charge in [-0.2, -0.15) is 5.26 Å². The lowest BCUT2D eigenvalue weighted by molar-refractivity contribution is 0.0930. The predicted octanol–water partition coefficient (Wildman–Crippen LogP) is 4.91. The van der Waals surface area contributed by atoms with E-state index in [4.69, 9.17) is 15.2 Å². The molecule has 4 rings (SSSR count). The molecule has 1 amide bonds. The van der Waals surface area contributed by atoms with Crippen LogP contribution in [0.4, 0.5) is 0 Å². The molecule has 6 nitrogen and oxygen atoms in total. The van der Waals surface area contributed by atoms with Gasteiger partial charge in [-0.1, -0.05) is 38.1 Å². The summed E-state index contributed by atoms with van der Waals surface area (Å²) in [4.78, 5) is 23.9. The molecule has 0 bridgehead atoms. The van der Waals surface area contributed by atoms with Crippen molar-refractivity contribution in [2.45, 2.75) is 32.3 Å². The standard InChI is InChI=1S/C27H24N2O4/c1-16(2)24-23(11-10-21-22(30)12-13-32-26(21)24)33-25(20-5-3-4-17(14-20)15-28)18-6-8-19(9-7-18)27(29)31/h3-11,14,16,25H,12-13H2,1-2H3,(H2,29,31)/t25-/m1/s1. The molecule has 33 heavy (non-hydrogen) atoms. The van der Waals surface area contributed by atoms with Crippen molar-refractivity contribution >= 4 is 11.7 Å². The first kappa shape index (κ1) is 22.1. The molecule has 3 aromatic carbocycles. The Balaban J connectivity index is 1.83. The highest BCUT2D eigenvalue weighted by Crippen LogP contribution is 2.42. The Hall–Kier alpha value is -4.11. The van der Waals surface area contributed by atoms with E-state index in [0.29, 0.717) is 41.2 Å². The van der Waals surface area contributed by atoms with Crippen LogP contribution in [0.15, 0.2) is 60.7 Å². The SMILES string of the molecule is CC(C)c1c(O[C@H](c2ccc(C(N)=O)cc2)c2cccc(C#N)c2)ccc2c1OCCC2=O. The molecule has 1 atom stereocenters. The van der Waals surface area contributed by atoms with Gasteiger partial charge < -0.3 is 15.2 Å². The number of ketones is 1. The number of carbonyl (C=O) groups is 2. The first-order chi connectivity index (χ1) is 15.9. The van der Waals surface area contributed by atoms with Gasteiger partial charge in [0.25, 0.3) is 0 Å². The molecule has 1 aliphatic rings. The van der Waals surface area contributed by atoms with Crippen LogP contribution in [-0.4, -0.2) is 18.3 Å². The van der Waals surface area contributed by atoms with E-state index >= 15 is 0 Å². The third-order valence-corrected chi connectivity index (χ3v) is 5.67. The van der Waals surface area contributed by atoms with E-state index in [2.05, 4.69) is 6.07 Å². The van der Waals surface area contributed by atoms with Crippen LogP contribution in [0.25, 0.3) is 0 Å². The van der Waals surface area contributed by atoms with E-state index in [9.17, 15) is 14.9 Å². The summed E-state index contributed by atoms with van der Waals surface area (Å²) < 4.78 is 12.5. The largest absolute Gasteiger partial charge is 0.492 e. The molecular formula is C27H24N2O4. The zero-order valence-corrected chi connectivity index (χ0v) is 18.5. The zero-order valence-electron chi connectivity index (χ0n) is 18.5. The number of hydrogen-bond acceptors (Lipinski definition) is 5. The summed E-state index contributed by atoms with van der Waals surface area (Å²) in [6, 6.07) is 19.8. The van der Waals surface area contributed by atoms with Gasteiger partial charge in [0.1, 0.15) is 17.6 Å². The number of amides is 1. The summed E-state index contributed by atoms with van der Waals surface area (Å²) in [6.07, 6.45) is -0.198. The van der Waals surface area contributed by atoms with Crippen LogP contribution in [0.5, 0.6) is 11.5 Å². The van der Waals surface area contributed by atoms with Crippen LogP contribution >= 0.6 is 0 Å². The predicted molar refractivity (Wildman–Crippen MR) is 124 cm³/mol. The number of nitrogens with two attached hydrogens (primary N) is 1. The van der Waals surface area contributed by atoms with E-state index in [1.807, 2.05) is 19.9 Å². The Morgan fingerprint density at radius 3 is 2.52 bits per heavy atom. The molecular weight excluding hydrogens is 416 g/mol. The van der Waals surface area contributed by atoms with Gasteiger partial charge in [-0.25, -0.2) is 0 Å². The van der Waals surface area contributed by atoms with Crippen LogP contribution in [0.1, 0.15) is 75.3 Å². The third-order valence-electron chi connectivity index (χ3n) is 5.67. The average molecular weight is 440 g/mol. The van der Waals surface area contributed by atoms with Crippen LogP contribution in [0.2, 0.25) is 0 Å². The number of hydrogen-bond donors (Lipinski definition) is 1. The minimum atomic E-state index is -0.560. The van der Waals surface area contributed by atoms with E-state index < -0.39 is 12.0 Å². The van der Waals surface area contributed by atoms with Crippen molar-refractivity contribution in [2.75, 3.05) is 6.61 Å². The van der Waals surface area contributed by atoms with Crippen LogP contribution in [0, 0.1) is 11.3 Å². The topological polar surface area (TPSA) is 102 Å². The lowest BCUT2D eigenvalue weighted by atomic mass is 9.93. The Bertz CT molecular complexity index is 1260. The minimum absolute atomic E-state index is 0.0455. The fourth-order valence-electron chi connectivity index (χ4n) is 4.04. The summed E-state index contributed by atoms with van der Waals surface area (Å²) in [5, 5.41) is 9.39. The van der Waals surface area contributed by atoms with Crippen LogP contribution in [0.3, 0.4) is 0 Å². The first-order valence-corrected chi connectivity index (χ1v) is 10.8. The summed E-state index contributed by atoms with van der Waals surface area (Å²) in [5.41, 5.74) is 9.28. The van der Waals surface area contributed by atoms with Crippen molar-refractivity contribution in [2.24, 2.45) is 5.73 Å². The summed E-state index contributed by atoms with van der Waals surface area (Å²) in [7, 11) is 0. The zero-order chi connectivity index (χ0) is 23.5. The van der Waals surface area contributed by atoms with E-state index in [1.165, 1.54) is 0 Å². The second-order valence-corrected chi connectivity index (χ2v) is 8.25. The van der Waals surface area contributed by atoms with Gasteiger partial charge in [0.05, 0.1) is 23.8 Å². The number of nitriles is 1. The number of Topliss-reactive ketones (excluding diaryl/α,β-unsaturated/α-hetero) is 1. The van der Waals surface area contributed by atoms with E-state index in [1.54, 1.807) is 54.6 Å². The maximum Gasteiger partial charge on any atom is 0.248 e. The van der Waals surface area contributed by atoms with Crippen molar-refractivity contribution in [3.8, 4) is 17.6 Å². The molecule has 0 unspecified atom stereocenters. The highest BCUT2D eigenvalue weighted by atomic mass is 16.5. The number of nitrogens with zero attached hydrogens (tertiary/aromatic N) is 1. The van der Waals surface area contributed by atoms with Gasteiger partial charge in [0.15, 0.2) is 5.78 Å². The highest BCUT2D eigenvalue weighted by molar-refractivity contribution is 6.00. The lowest BCUT2D eigenvalue weighted by Crippen LogP contribution is -2.19. The smallest absolute Gasteiger partial charge is 0.248 e. The Morgan fingerprint density at radius 2 is 1.85 bits per heavy atom. The Labute approximate surface area is 192 Å². The normalized spacial score (nSPS) is 13.6. The fourth-order valence-corrected chi connectivity index (χ4v) is 4.04. The molecule has 0 spiro atoms. The van der Waals surface area contributed by atoms with Gasteiger partial charge in [-0.05, 0) is 53.4 Å². The van der Waals surface area contributed by atoms with Gasteiger partial charge in [-0.3, -0.25) is 9.59 Å². The average Bonchev–Trinajstić information content (AvgIpc) is 2.82. The minimum Gasteiger partial charge on any atom is -0.492 e. The molecule has 0 fully saturated rings. The van der Waals surface area contributed by atoms with Crippen LogP contribution < -0.4 is 15.2 Å². The summed E-state index contributed by atoms with van der Waals surface area (Å²) in [5.74, 6) is 0.774.